The van der Waals surface area contributed by atoms with Gasteiger partial charge in [-0.15, -0.1) is 0 Å². The summed E-state index contributed by atoms with van der Waals surface area (Å²) in [6.45, 7) is 6.65. The summed E-state index contributed by atoms with van der Waals surface area (Å²) in [5, 5.41) is 6.27. The van der Waals surface area contributed by atoms with Crippen LogP contribution in [0.2, 0.25) is 0 Å². The zero-order valence-corrected chi connectivity index (χ0v) is 15.4. The second kappa shape index (κ2) is 8.83. The molecule has 0 bridgehead atoms. The highest BCUT2D eigenvalue weighted by Crippen LogP contribution is 2.22. The van der Waals surface area contributed by atoms with Crippen LogP contribution in [0.1, 0.15) is 23.1 Å². The fraction of sp³-hybridized carbons (Fsp3) is 0.381. The number of aryl methyl sites for hydroxylation is 2. The van der Waals surface area contributed by atoms with Crippen molar-refractivity contribution in [3.8, 4) is 5.75 Å². The molecule has 1 fully saturated rings. The fourth-order valence-corrected chi connectivity index (χ4v) is 3.01. The molecule has 26 heavy (non-hydrogen) atoms. The zero-order chi connectivity index (χ0) is 18.4. The molecule has 1 amide bonds. The van der Waals surface area contributed by atoms with Crippen LogP contribution in [0.3, 0.4) is 0 Å². The number of benzene rings is 2. The number of hydrogen-bond donors (Lipinski definition) is 2. The first kappa shape index (κ1) is 18.4. The number of morpholine rings is 1. The number of ether oxygens (including phenoxy) is 2. The highest BCUT2D eigenvalue weighted by molar-refractivity contribution is 5.92. The van der Waals surface area contributed by atoms with E-state index >= 15 is 0 Å². The molecule has 1 unspecified atom stereocenters. The van der Waals surface area contributed by atoms with Crippen LogP contribution in [0.15, 0.2) is 42.5 Å². The van der Waals surface area contributed by atoms with Crippen LogP contribution >= 0.6 is 0 Å². The largest absolute Gasteiger partial charge is 0.489 e. The topological polar surface area (TPSA) is 59.6 Å². The Morgan fingerprint density at radius 3 is 2.88 bits per heavy atom. The Morgan fingerprint density at radius 2 is 2.15 bits per heavy atom. The molecule has 1 saturated heterocycles. The monoisotopic (exact) mass is 354 g/mol. The van der Waals surface area contributed by atoms with Crippen molar-refractivity contribution in [1.29, 1.82) is 0 Å². The van der Waals surface area contributed by atoms with E-state index in [9.17, 15) is 4.79 Å². The normalized spacial score (nSPS) is 16.9. The number of hydrogen-bond acceptors (Lipinski definition) is 4. The summed E-state index contributed by atoms with van der Waals surface area (Å²) in [7, 11) is 0. The lowest BCUT2D eigenvalue weighted by molar-refractivity contribution is -0.117. The molecule has 2 aromatic rings. The van der Waals surface area contributed by atoms with Gasteiger partial charge in [0, 0.05) is 24.7 Å². The van der Waals surface area contributed by atoms with Crippen molar-refractivity contribution in [3.05, 3.63) is 59.2 Å². The Bertz CT molecular complexity index is 755. The van der Waals surface area contributed by atoms with Crippen LogP contribution in [0.25, 0.3) is 0 Å². The van der Waals surface area contributed by atoms with E-state index in [1.165, 1.54) is 5.56 Å². The van der Waals surface area contributed by atoms with E-state index in [4.69, 9.17) is 9.47 Å². The summed E-state index contributed by atoms with van der Waals surface area (Å²) in [5.74, 6) is 0.786. The average molecular weight is 354 g/mol. The van der Waals surface area contributed by atoms with E-state index in [0.717, 1.165) is 29.1 Å². The van der Waals surface area contributed by atoms with Crippen molar-refractivity contribution in [2.24, 2.45) is 0 Å². The molecule has 2 aromatic carbocycles. The molecule has 0 aliphatic carbocycles. The van der Waals surface area contributed by atoms with Gasteiger partial charge in [0.1, 0.15) is 12.4 Å². The van der Waals surface area contributed by atoms with E-state index in [1.54, 1.807) is 0 Å². The van der Waals surface area contributed by atoms with Gasteiger partial charge in [-0.25, -0.2) is 0 Å². The van der Waals surface area contributed by atoms with Crippen LogP contribution in [-0.2, 0) is 16.1 Å². The highest BCUT2D eigenvalue weighted by Gasteiger charge is 2.17. The summed E-state index contributed by atoms with van der Waals surface area (Å²) in [4.78, 5) is 12.2. The Morgan fingerprint density at radius 1 is 1.27 bits per heavy atom. The van der Waals surface area contributed by atoms with Crippen LogP contribution in [-0.4, -0.2) is 31.7 Å². The van der Waals surface area contributed by atoms with Gasteiger partial charge in [0.25, 0.3) is 0 Å². The van der Waals surface area contributed by atoms with Crippen molar-refractivity contribution >= 4 is 11.6 Å². The maximum atomic E-state index is 12.2. The molecule has 5 nitrogen and oxygen atoms in total. The average Bonchev–Trinajstić information content (AvgIpc) is 2.63. The van der Waals surface area contributed by atoms with Gasteiger partial charge in [0.05, 0.1) is 13.2 Å². The van der Waals surface area contributed by atoms with Crippen molar-refractivity contribution in [2.75, 3.05) is 25.1 Å². The Labute approximate surface area is 154 Å². The molecule has 5 heteroatoms. The molecule has 3 rings (SSSR count). The van der Waals surface area contributed by atoms with E-state index in [0.29, 0.717) is 26.2 Å². The first-order valence-corrected chi connectivity index (χ1v) is 9.00. The van der Waals surface area contributed by atoms with Crippen LogP contribution in [0.4, 0.5) is 5.69 Å². The smallest absolute Gasteiger partial charge is 0.226 e. The first-order chi connectivity index (χ1) is 12.6. The SMILES string of the molecule is Cc1cccc(COc2ccc(NC(=O)CC3COCCN3)c(C)c2)c1. The number of rotatable bonds is 6. The third kappa shape index (κ3) is 5.31. The predicted molar refractivity (Wildman–Crippen MR) is 103 cm³/mol. The number of anilines is 1. The van der Waals surface area contributed by atoms with E-state index < -0.39 is 0 Å². The molecule has 2 N–H and O–H groups in total. The van der Waals surface area contributed by atoms with E-state index in [1.807, 2.05) is 31.2 Å². The summed E-state index contributed by atoms with van der Waals surface area (Å²) >= 11 is 0. The molecule has 1 heterocycles. The predicted octanol–water partition coefficient (Wildman–Crippen LogP) is 3.20. The molecule has 1 aliphatic rings. The number of carbonyl (C=O) groups is 1. The van der Waals surface area contributed by atoms with Crippen molar-refractivity contribution in [1.82, 2.24) is 5.32 Å². The standard InChI is InChI=1S/C21H26N2O3/c1-15-4-3-5-17(10-15)13-26-19-6-7-20(16(2)11-19)23-21(24)12-18-14-25-9-8-22-18/h3-7,10-11,18,22H,8-9,12-14H2,1-2H3,(H,23,24). The lowest BCUT2D eigenvalue weighted by atomic mass is 10.1. The highest BCUT2D eigenvalue weighted by atomic mass is 16.5. The van der Waals surface area contributed by atoms with Gasteiger partial charge < -0.3 is 20.1 Å². The maximum absolute atomic E-state index is 12.2. The van der Waals surface area contributed by atoms with E-state index in [-0.39, 0.29) is 11.9 Å². The van der Waals surface area contributed by atoms with Crippen molar-refractivity contribution < 1.29 is 14.3 Å². The first-order valence-electron chi connectivity index (χ1n) is 9.00. The Balaban J connectivity index is 1.54. The third-order valence-corrected chi connectivity index (χ3v) is 4.39. The number of carbonyl (C=O) groups excluding carboxylic acids is 1. The summed E-state index contributed by atoms with van der Waals surface area (Å²) in [5.41, 5.74) is 4.16. The summed E-state index contributed by atoms with van der Waals surface area (Å²) in [6.07, 6.45) is 0.408. The summed E-state index contributed by atoms with van der Waals surface area (Å²) in [6, 6.07) is 14.1. The molecular formula is C21H26N2O3. The van der Waals surface area contributed by atoms with Crippen LogP contribution in [0.5, 0.6) is 5.75 Å². The molecule has 0 radical (unpaired) electrons. The lowest BCUT2D eigenvalue weighted by Gasteiger charge is -2.23. The Hall–Kier alpha value is -2.37. The molecule has 0 saturated carbocycles. The van der Waals surface area contributed by atoms with Gasteiger partial charge in [0.15, 0.2) is 0 Å². The quantitative estimate of drug-likeness (QED) is 0.836. The third-order valence-electron chi connectivity index (χ3n) is 4.39. The van der Waals surface area contributed by atoms with Crippen molar-refractivity contribution in [3.63, 3.8) is 0 Å². The van der Waals surface area contributed by atoms with Gasteiger partial charge >= 0.3 is 0 Å². The number of nitrogens with one attached hydrogen (secondary N) is 2. The van der Waals surface area contributed by atoms with Crippen LogP contribution < -0.4 is 15.4 Å². The summed E-state index contributed by atoms with van der Waals surface area (Å²) < 4.78 is 11.3. The van der Waals surface area contributed by atoms with Gasteiger partial charge in [-0.3, -0.25) is 4.79 Å². The van der Waals surface area contributed by atoms with E-state index in [2.05, 4.69) is 35.8 Å². The minimum atomic E-state index is -0.00970. The molecule has 138 valence electrons. The molecule has 0 spiro atoms. The number of amides is 1. The molecule has 0 aromatic heterocycles. The molecule has 1 aliphatic heterocycles. The second-order valence-electron chi connectivity index (χ2n) is 6.73. The zero-order valence-electron chi connectivity index (χ0n) is 15.4. The van der Waals surface area contributed by atoms with Gasteiger partial charge in [-0.1, -0.05) is 29.8 Å². The van der Waals surface area contributed by atoms with Gasteiger partial charge in [0.2, 0.25) is 5.91 Å². The van der Waals surface area contributed by atoms with Crippen LogP contribution in [0, 0.1) is 13.8 Å². The fourth-order valence-electron chi connectivity index (χ4n) is 3.01. The lowest BCUT2D eigenvalue weighted by Crippen LogP contribution is -2.43. The maximum Gasteiger partial charge on any atom is 0.226 e. The second-order valence-corrected chi connectivity index (χ2v) is 6.73. The van der Waals surface area contributed by atoms with Gasteiger partial charge in [-0.2, -0.15) is 0 Å². The Kier molecular flexibility index (Phi) is 6.26. The molecular weight excluding hydrogens is 328 g/mol. The minimum Gasteiger partial charge on any atom is -0.489 e. The van der Waals surface area contributed by atoms with Gasteiger partial charge in [-0.05, 0) is 43.2 Å². The molecule has 1 atom stereocenters. The van der Waals surface area contributed by atoms with Crippen molar-refractivity contribution in [2.45, 2.75) is 32.9 Å². The minimum absolute atomic E-state index is 0.00970.